The number of aromatic amines is 1. The largest absolute Gasteiger partial charge is 0.326 e. The smallest absolute Gasteiger partial charge is 0.211 e. The average Bonchev–Trinajstić information content (AvgIpc) is 2.88. The molecule has 0 aromatic carbocycles. The van der Waals surface area contributed by atoms with Crippen molar-refractivity contribution in [1.29, 1.82) is 0 Å². The predicted octanol–water partition coefficient (Wildman–Crippen LogP) is 2.01. The number of nitrogens with two attached hydrogens (primary N) is 1. The van der Waals surface area contributed by atoms with Crippen molar-refractivity contribution < 1.29 is 0 Å². The molecule has 3 N–H and O–H groups in total. The summed E-state index contributed by atoms with van der Waals surface area (Å²) in [7, 11) is 0. The van der Waals surface area contributed by atoms with Gasteiger partial charge in [0.1, 0.15) is 0 Å². The Balaban J connectivity index is 2.12. The average molecular weight is 218 g/mol. The summed E-state index contributed by atoms with van der Waals surface area (Å²) in [6.45, 7) is 4.12. The molecule has 4 nitrogen and oxygen atoms in total. The number of hydrogen-bond donors (Lipinski definition) is 2. The fourth-order valence-electron chi connectivity index (χ4n) is 2.68. The molecule has 1 fully saturated rings. The van der Waals surface area contributed by atoms with Gasteiger partial charge in [0.15, 0.2) is 0 Å². The minimum Gasteiger partial charge on any atom is -0.326 e. The summed E-state index contributed by atoms with van der Waals surface area (Å²) in [5.41, 5.74) is 9.67. The number of H-pyrrole nitrogens is 1. The quantitative estimate of drug-likeness (QED) is 0.769. The Kier molecular flexibility index (Phi) is 1.92. The van der Waals surface area contributed by atoms with Gasteiger partial charge in [0, 0.05) is 11.9 Å². The Bertz CT molecular complexity index is 528. The van der Waals surface area contributed by atoms with E-state index in [1.165, 1.54) is 18.5 Å². The van der Waals surface area contributed by atoms with E-state index in [1.54, 1.807) is 0 Å². The van der Waals surface area contributed by atoms with Gasteiger partial charge in [-0.1, -0.05) is 12.8 Å². The maximum atomic E-state index is 6.42. The highest BCUT2D eigenvalue weighted by Crippen LogP contribution is 2.35. The van der Waals surface area contributed by atoms with Crippen molar-refractivity contribution in [2.75, 3.05) is 0 Å². The van der Waals surface area contributed by atoms with Crippen LogP contribution in [0, 0.1) is 13.8 Å². The van der Waals surface area contributed by atoms with Crippen LogP contribution in [-0.2, 0) is 5.54 Å². The molecule has 0 bridgehead atoms. The van der Waals surface area contributed by atoms with Crippen molar-refractivity contribution in [2.24, 2.45) is 5.73 Å². The zero-order valence-corrected chi connectivity index (χ0v) is 9.88. The molecule has 0 saturated heterocycles. The molecule has 2 heterocycles. The summed E-state index contributed by atoms with van der Waals surface area (Å²) < 4.78 is 2.11. The third-order valence-electron chi connectivity index (χ3n) is 3.92. The third-order valence-corrected chi connectivity index (χ3v) is 3.92. The number of imidazole rings is 2. The zero-order chi connectivity index (χ0) is 11.3. The zero-order valence-electron chi connectivity index (χ0n) is 9.88. The molecule has 0 aliphatic heterocycles. The summed E-state index contributed by atoms with van der Waals surface area (Å²) in [6.07, 6.45) is 6.74. The van der Waals surface area contributed by atoms with Crippen molar-refractivity contribution in [3.05, 3.63) is 23.3 Å². The maximum absolute atomic E-state index is 6.42. The first kappa shape index (κ1) is 9.90. The normalized spacial score (nSPS) is 19.7. The van der Waals surface area contributed by atoms with E-state index in [0.29, 0.717) is 0 Å². The van der Waals surface area contributed by atoms with Crippen molar-refractivity contribution >= 4 is 5.78 Å². The molecule has 0 amide bonds. The van der Waals surface area contributed by atoms with E-state index >= 15 is 0 Å². The number of nitrogens with one attached hydrogen (secondary N) is 1. The van der Waals surface area contributed by atoms with Crippen LogP contribution >= 0.6 is 0 Å². The van der Waals surface area contributed by atoms with Crippen LogP contribution < -0.4 is 5.73 Å². The molecule has 2 aromatic heterocycles. The second-order valence-corrected chi connectivity index (χ2v) is 5.01. The lowest BCUT2D eigenvalue weighted by Gasteiger charge is -2.21. The maximum Gasteiger partial charge on any atom is 0.211 e. The summed E-state index contributed by atoms with van der Waals surface area (Å²) in [5.74, 6) is 0.918. The minimum absolute atomic E-state index is 0.152. The Morgan fingerprint density at radius 2 is 2.06 bits per heavy atom. The van der Waals surface area contributed by atoms with Gasteiger partial charge >= 0.3 is 0 Å². The monoisotopic (exact) mass is 218 g/mol. The molecule has 1 saturated carbocycles. The van der Waals surface area contributed by atoms with E-state index in [0.717, 1.165) is 30.0 Å². The van der Waals surface area contributed by atoms with Crippen molar-refractivity contribution in [3.63, 3.8) is 0 Å². The lowest BCUT2D eigenvalue weighted by atomic mass is 9.96. The van der Waals surface area contributed by atoms with E-state index in [1.807, 2.05) is 6.92 Å². The molecule has 0 unspecified atom stereocenters. The summed E-state index contributed by atoms with van der Waals surface area (Å²) in [5, 5.41) is 0. The molecular weight excluding hydrogens is 200 g/mol. The molecule has 3 rings (SSSR count). The molecule has 2 aromatic rings. The Morgan fingerprint density at radius 3 is 2.69 bits per heavy atom. The summed E-state index contributed by atoms with van der Waals surface area (Å²) >= 11 is 0. The van der Waals surface area contributed by atoms with Crippen LogP contribution in [0.2, 0.25) is 0 Å². The fourth-order valence-corrected chi connectivity index (χ4v) is 2.68. The van der Waals surface area contributed by atoms with Crippen molar-refractivity contribution in [1.82, 2.24) is 14.4 Å². The summed E-state index contributed by atoms with van der Waals surface area (Å²) in [6, 6.07) is 0. The number of hydrogen-bond acceptors (Lipinski definition) is 2. The molecule has 86 valence electrons. The van der Waals surface area contributed by atoms with Gasteiger partial charge in [-0.3, -0.25) is 4.40 Å². The van der Waals surface area contributed by atoms with Crippen LogP contribution in [0.1, 0.15) is 42.8 Å². The highest BCUT2D eigenvalue weighted by atomic mass is 15.1. The number of rotatable bonds is 1. The number of aryl methyl sites for hydroxylation is 2. The van der Waals surface area contributed by atoms with Crippen LogP contribution in [0.25, 0.3) is 5.78 Å². The van der Waals surface area contributed by atoms with E-state index < -0.39 is 0 Å². The second-order valence-electron chi connectivity index (χ2n) is 5.01. The highest BCUT2D eigenvalue weighted by Gasteiger charge is 2.33. The first-order valence-corrected chi connectivity index (χ1v) is 5.94. The molecule has 1 aliphatic carbocycles. The van der Waals surface area contributed by atoms with E-state index in [4.69, 9.17) is 5.73 Å². The minimum atomic E-state index is -0.152. The summed E-state index contributed by atoms with van der Waals surface area (Å²) in [4.78, 5) is 7.85. The van der Waals surface area contributed by atoms with Gasteiger partial charge in [0.2, 0.25) is 5.78 Å². The van der Waals surface area contributed by atoms with E-state index in [2.05, 4.69) is 27.5 Å². The molecule has 4 heteroatoms. The fraction of sp³-hybridized carbons (Fsp3) is 0.583. The van der Waals surface area contributed by atoms with Gasteiger partial charge in [-0.2, -0.15) is 0 Å². The second kappa shape index (κ2) is 3.10. The molecule has 16 heavy (non-hydrogen) atoms. The first-order chi connectivity index (χ1) is 7.60. The lowest BCUT2D eigenvalue weighted by molar-refractivity contribution is 0.449. The molecule has 1 aliphatic rings. The molecule has 0 atom stereocenters. The SMILES string of the molecule is Cc1nc2[nH]c(C3(N)CCCC3)cn2c1C. The van der Waals surface area contributed by atoms with Gasteiger partial charge in [0.25, 0.3) is 0 Å². The van der Waals surface area contributed by atoms with Crippen LogP contribution in [0.3, 0.4) is 0 Å². The van der Waals surface area contributed by atoms with Crippen LogP contribution in [0.5, 0.6) is 0 Å². The number of aromatic nitrogens is 3. The van der Waals surface area contributed by atoms with Crippen molar-refractivity contribution in [3.8, 4) is 0 Å². The van der Waals surface area contributed by atoms with Crippen molar-refractivity contribution in [2.45, 2.75) is 45.1 Å². The van der Waals surface area contributed by atoms with Crippen LogP contribution in [0.4, 0.5) is 0 Å². The number of fused-ring (bicyclic) bond motifs is 1. The van der Waals surface area contributed by atoms with Crippen LogP contribution in [0.15, 0.2) is 6.20 Å². The molecule has 0 radical (unpaired) electrons. The van der Waals surface area contributed by atoms with Gasteiger partial charge in [-0.25, -0.2) is 4.98 Å². The standard InChI is InChI=1S/C12H18N4/c1-8-9(2)16-7-10(15-11(16)14-8)12(13)5-3-4-6-12/h7H,3-6,13H2,1-2H3,(H,14,15). The lowest BCUT2D eigenvalue weighted by Crippen LogP contribution is -2.33. The van der Waals surface area contributed by atoms with Gasteiger partial charge < -0.3 is 10.7 Å². The Morgan fingerprint density at radius 1 is 1.38 bits per heavy atom. The molecule has 0 spiro atoms. The predicted molar refractivity (Wildman–Crippen MR) is 63.4 cm³/mol. The number of nitrogens with zero attached hydrogens (tertiary/aromatic N) is 2. The highest BCUT2D eigenvalue weighted by molar-refractivity contribution is 5.39. The first-order valence-electron chi connectivity index (χ1n) is 5.94. The van der Waals surface area contributed by atoms with Gasteiger partial charge in [0.05, 0.1) is 16.9 Å². The van der Waals surface area contributed by atoms with Crippen LogP contribution in [-0.4, -0.2) is 14.4 Å². The Labute approximate surface area is 94.9 Å². The molecular formula is C12H18N4. The third kappa shape index (κ3) is 1.23. The van der Waals surface area contributed by atoms with Gasteiger partial charge in [-0.15, -0.1) is 0 Å². The van der Waals surface area contributed by atoms with E-state index in [9.17, 15) is 0 Å². The van der Waals surface area contributed by atoms with E-state index in [-0.39, 0.29) is 5.54 Å². The Hall–Kier alpha value is -1.29. The van der Waals surface area contributed by atoms with Gasteiger partial charge in [-0.05, 0) is 26.7 Å². The topological polar surface area (TPSA) is 59.1 Å².